The van der Waals surface area contributed by atoms with Gasteiger partial charge in [-0.3, -0.25) is 4.98 Å². The Morgan fingerprint density at radius 1 is 1.50 bits per heavy atom. The highest BCUT2D eigenvalue weighted by molar-refractivity contribution is 9.10. The first-order valence-corrected chi connectivity index (χ1v) is 5.25. The summed E-state index contributed by atoms with van der Waals surface area (Å²) in [5, 5.41) is 0.544. The summed E-state index contributed by atoms with van der Waals surface area (Å²) in [4.78, 5) is 15.3. The third-order valence-electron chi connectivity index (χ3n) is 2.19. The van der Waals surface area contributed by atoms with Gasteiger partial charge in [0.05, 0.1) is 12.7 Å². The summed E-state index contributed by atoms with van der Waals surface area (Å²) in [6, 6.07) is 4.56. The zero-order valence-corrected chi connectivity index (χ0v) is 9.92. The van der Waals surface area contributed by atoms with Crippen LogP contribution in [0.2, 0.25) is 0 Å². The molecule has 82 valence electrons. The molecule has 3 nitrogen and oxygen atoms in total. The van der Waals surface area contributed by atoms with Gasteiger partial charge in [-0.25, -0.2) is 9.18 Å². The molecule has 0 N–H and O–H groups in total. The Bertz CT molecular complexity index is 571. The van der Waals surface area contributed by atoms with Gasteiger partial charge in [0.15, 0.2) is 0 Å². The van der Waals surface area contributed by atoms with Crippen LogP contribution >= 0.6 is 15.9 Å². The molecule has 0 bridgehead atoms. The molecule has 1 heterocycles. The zero-order chi connectivity index (χ0) is 11.7. The minimum Gasteiger partial charge on any atom is -0.465 e. The average Bonchev–Trinajstić information content (AvgIpc) is 2.30. The summed E-state index contributed by atoms with van der Waals surface area (Å²) in [5.74, 6) is -0.930. The minimum absolute atomic E-state index is 0.224. The van der Waals surface area contributed by atoms with E-state index in [9.17, 15) is 9.18 Å². The molecule has 0 aliphatic rings. The van der Waals surface area contributed by atoms with Crippen molar-refractivity contribution in [3.8, 4) is 0 Å². The lowest BCUT2D eigenvalue weighted by Crippen LogP contribution is -2.03. The van der Waals surface area contributed by atoms with E-state index >= 15 is 0 Å². The van der Waals surface area contributed by atoms with Crippen molar-refractivity contribution in [1.29, 1.82) is 0 Å². The van der Waals surface area contributed by atoms with Crippen LogP contribution in [-0.4, -0.2) is 18.1 Å². The second-order valence-corrected chi connectivity index (χ2v) is 3.91. The Hall–Kier alpha value is -1.49. The molecule has 0 radical (unpaired) electrons. The first-order valence-electron chi connectivity index (χ1n) is 4.46. The van der Waals surface area contributed by atoms with E-state index in [1.165, 1.54) is 19.4 Å². The molecule has 1 aromatic heterocycles. The number of esters is 1. The van der Waals surface area contributed by atoms with Gasteiger partial charge in [-0.05, 0) is 22.0 Å². The maximum Gasteiger partial charge on any atom is 0.340 e. The van der Waals surface area contributed by atoms with Crippen molar-refractivity contribution >= 4 is 32.8 Å². The van der Waals surface area contributed by atoms with Crippen molar-refractivity contribution in [3.05, 3.63) is 40.2 Å². The molecule has 5 heteroatoms. The van der Waals surface area contributed by atoms with Crippen molar-refractivity contribution < 1.29 is 13.9 Å². The van der Waals surface area contributed by atoms with E-state index in [1.807, 2.05) is 0 Å². The van der Waals surface area contributed by atoms with E-state index in [0.717, 1.165) is 0 Å². The Labute approximate surface area is 99.4 Å². The fraction of sp³-hybridized carbons (Fsp3) is 0.0909. The summed E-state index contributed by atoms with van der Waals surface area (Å²) < 4.78 is 18.5. The average molecular weight is 284 g/mol. The number of halogens is 2. The summed E-state index contributed by atoms with van der Waals surface area (Å²) >= 11 is 3.25. The first-order chi connectivity index (χ1) is 7.65. The van der Waals surface area contributed by atoms with Crippen LogP contribution in [0.3, 0.4) is 0 Å². The topological polar surface area (TPSA) is 39.2 Å². The Morgan fingerprint density at radius 2 is 2.25 bits per heavy atom. The van der Waals surface area contributed by atoms with Gasteiger partial charge in [0.25, 0.3) is 0 Å². The number of hydrogen-bond donors (Lipinski definition) is 0. The number of carbonyl (C=O) groups excluding carboxylic acids is 1. The van der Waals surface area contributed by atoms with E-state index in [4.69, 9.17) is 0 Å². The largest absolute Gasteiger partial charge is 0.465 e. The number of benzene rings is 1. The second-order valence-electron chi connectivity index (χ2n) is 3.11. The molecule has 0 aliphatic carbocycles. The number of ether oxygens (including phenoxy) is 1. The lowest BCUT2D eigenvalue weighted by molar-refractivity contribution is 0.0599. The highest BCUT2D eigenvalue weighted by Crippen LogP contribution is 2.27. The number of hydrogen-bond acceptors (Lipinski definition) is 3. The summed E-state index contributed by atoms with van der Waals surface area (Å²) in [7, 11) is 1.28. The third-order valence-corrected chi connectivity index (χ3v) is 3.04. The Morgan fingerprint density at radius 3 is 2.94 bits per heavy atom. The predicted molar refractivity (Wildman–Crippen MR) is 60.7 cm³/mol. The zero-order valence-electron chi connectivity index (χ0n) is 8.33. The molecule has 0 saturated heterocycles. The molecule has 0 fully saturated rings. The molecule has 2 rings (SSSR count). The second kappa shape index (κ2) is 4.17. The molecule has 0 spiro atoms. The van der Waals surface area contributed by atoms with Crippen molar-refractivity contribution in [2.75, 3.05) is 7.11 Å². The number of carbonyl (C=O) groups is 1. The molecule has 0 atom stereocenters. The molecule has 0 unspecified atom stereocenters. The maximum absolute atomic E-state index is 13.4. The van der Waals surface area contributed by atoms with Crippen LogP contribution < -0.4 is 0 Å². The van der Waals surface area contributed by atoms with Gasteiger partial charge in [0, 0.05) is 16.1 Å². The van der Waals surface area contributed by atoms with Crippen molar-refractivity contribution in [2.45, 2.75) is 0 Å². The lowest BCUT2D eigenvalue weighted by Gasteiger charge is -2.05. The normalized spacial score (nSPS) is 10.4. The van der Waals surface area contributed by atoms with Gasteiger partial charge >= 0.3 is 5.97 Å². The Balaban J connectivity index is 2.75. The predicted octanol–water partition coefficient (Wildman–Crippen LogP) is 2.92. The lowest BCUT2D eigenvalue weighted by atomic mass is 10.1. The highest BCUT2D eigenvalue weighted by Gasteiger charge is 2.15. The van der Waals surface area contributed by atoms with E-state index in [-0.39, 0.29) is 11.1 Å². The molecule has 0 amide bonds. The van der Waals surface area contributed by atoms with Crippen LogP contribution in [0.15, 0.2) is 28.9 Å². The molecule has 2 aromatic rings. The molecule has 16 heavy (non-hydrogen) atoms. The smallest absolute Gasteiger partial charge is 0.340 e. The van der Waals surface area contributed by atoms with Crippen molar-refractivity contribution in [2.24, 2.45) is 0 Å². The van der Waals surface area contributed by atoms with Crippen LogP contribution in [-0.2, 0) is 4.74 Å². The maximum atomic E-state index is 13.4. The van der Waals surface area contributed by atoms with E-state index < -0.39 is 11.8 Å². The fourth-order valence-corrected chi connectivity index (χ4v) is 1.99. The van der Waals surface area contributed by atoms with E-state index in [0.29, 0.717) is 9.86 Å². The number of pyridine rings is 1. The monoisotopic (exact) mass is 283 g/mol. The van der Waals surface area contributed by atoms with Crippen LogP contribution in [0.4, 0.5) is 4.39 Å². The molecular weight excluding hydrogens is 277 g/mol. The van der Waals surface area contributed by atoms with Gasteiger partial charge in [0.2, 0.25) is 0 Å². The standard InChI is InChI=1S/C11H7BrFNO2/c1-16-11(15)7-5-14-10-6(9(7)12)3-2-4-8(10)13/h2-5H,1H3. The molecule has 0 saturated carbocycles. The third kappa shape index (κ3) is 1.67. The van der Waals surface area contributed by atoms with Crippen LogP contribution in [0, 0.1) is 5.82 Å². The van der Waals surface area contributed by atoms with Gasteiger partial charge in [0.1, 0.15) is 11.3 Å². The van der Waals surface area contributed by atoms with Gasteiger partial charge < -0.3 is 4.74 Å². The first kappa shape index (κ1) is 11.0. The Kier molecular flexibility index (Phi) is 2.87. The van der Waals surface area contributed by atoms with Crippen molar-refractivity contribution in [3.63, 3.8) is 0 Å². The van der Waals surface area contributed by atoms with E-state index in [1.54, 1.807) is 12.1 Å². The number of rotatable bonds is 1. The van der Waals surface area contributed by atoms with Gasteiger partial charge in [-0.1, -0.05) is 12.1 Å². The van der Waals surface area contributed by atoms with Crippen LogP contribution in [0.5, 0.6) is 0 Å². The number of aromatic nitrogens is 1. The quantitative estimate of drug-likeness (QED) is 0.756. The summed E-state index contributed by atoms with van der Waals surface area (Å²) in [6.45, 7) is 0. The summed E-state index contributed by atoms with van der Waals surface area (Å²) in [5.41, 5.74) is 0.502. The minimum atomic E-state index is -0.509. The van der Waals surface area contributed by atoms with Gasteiger partial charge in [-0.15, -0.1) is 0 Å². The molecular formula is C11H7BrFNO2. The van der Waals surface area contributed by atoms with Gasteiger partial charge in [-0.2, -0.15) is 0 Å². The molecule has 0 aliphatic heterocycles. The fourth-order valence-electron chi connectivity index (χ4n) is 1.41. The SMILES string of the molecule is COC(=O)c1cnc2c(F)cccc2c1Br. The summed E-state index contributed by atoms with van der Waals surface area (Å²) in [6.07, 6.45) is 1.29. The molecule has 1 aromatic carbocycles. The highest BCUT2D eigenvalue weighted by atomic mass is 79.9. The van der Waals surface area contributed by atoms with E-state index in [2.05, 4.69) is 25.7 Å². The number of para-hydroxylation sites is 1. The number of fused-ring (bicyclic) bond motifs is 1. The van der Waals surface area contributed by atoms with Crippen molar-refractivity contribution in [1.82, 2.24) is 4.98 Å². The van der Waals surface area contributed by atoms with Crippen LogP contribution in [0.1, 0.15) is 10.4 Å². The van der Waals surface area contributed by atoms with Crippen LogP contribution in [0.25, 0.3) is 10.9 Å². The number of methoxy groups -OCH3 is 1. The number of nitrogens with zero attached hydrogens (tertiary/aromatic N) is 1.